The quantitative estimate of drug-likeness (QED) is 0.625. The lowest BCUT2D eigenvalue weighted by Crippen LogP contribution is -2.27. The average molecular weight is 253 g/mol. The predicted molar refractivity (Wildman–Crippen MR) is 68.0 cm³/mol. The van der Waals surface area contributed by atoms with E-state index in [4.69, 9.17) is 11.1 Å². The summed E-state index contributed by atoms with van der Waals surface area (Å²) < 4.78 is 27.9. The highest BCUT2D eigenvalue weighted by Gasteiger charge is 2.26. The van der Waals surface area contributed by atoms with E-state index in [9.17, 15) is 8.78 Å². The van der Waals surface area contributed by atoms with Crippen molar-refractivity contribution in [3.05, 3.63) is 29.3 Å². The Hall–Kier alpha value is -1.65. The third-order valence-electron chi connectivity index (χ3n) is 3.20. The number of halogens is 2. The minimum Gasteiger partial charge on any atom is -0.384 e. The second-order valence-corrected chi connectivity index (χ2v) is 4.68. The molecular weight excluding hydrogens is 236 g/mol. The van der Waals surface area contributed by atoms with E-state index in [0.29, 0.717) is 19.0 Å². The molecule has 0 spiro atoms. The third-order valence-corrected chi connectivity index (χ3v) is 3.20. The molecule has 3 N–H and O–H groups in total. The molecule has 0 aliphatic heterocycles. The van der Waals surface area contributed by atoms with Crippen LogP contribution in [0.2, 0.25) is 0 Å². The minimum absolute atomic E-state index is 0.00519. The minimum atomic E-state index is -0.650. The van der Waals surface area contributed by atoms with Crippen molar-refractivity contribution in [1.29, 1.82) is 5.41 Å². The smallest absolute Gasteiger partial charge is 0.150 e. The van der Waals surface area contributed by atoms with Gasteiger partial charge < -0.3 is 10.6 Å². The van der Waals surface area contributed by atoms with Gasteiger partial charge in [-0.05, 0) is 37.8 Å². The van der Waals surface area contributed by atoms with Crippen molar-refractivity contribution in [1.82, 2.24) is 0 Å². The Bertz CT molecular complexity index is 446. The number of hydrogen-bond acceptors (Lipinski definition) is 2. The Balaban J connectivity index is 2.33. The number of anilines is 1. The molecule has 0 saturated heterocycles. The summed E-state index contributed by atoms with van der Waals surface area (Å²) in [6, 6.07) is 2.24. The first-order valence-electron chi connectivity index (χ1n) is 6.11. The summed E-state index contributed by atoms with van der Waals surface area (Å²) in [5, 5.41) is 7.21. The Morgan fingerprint density at radius 1 is 1.39 bits per heavy atom. The van der Waals surface area contributed by atoms with Gasteiger partial charge in [0.05, 0.1) is 0 Å². The maximum Gasteiger partial charge on any atom is 0.150 e. The molecule has 1 saturated carbocycles. The largest absolute Gasteiger partial charge is 0.384 e. The molecule has 0 aromatic heterocycles. The predicted octanol–water partition coefficient (Wildman–Crippen LogP) is 2.49. The van der Waals surface area contributed by atoms with Crippen LogP contribution in [0.5, 0.6) is 0 Å². The van der Waals surface area contributed by atoms with Crippen molar-refractivity contribution >= 4 is 11.5 Å². The number of nitrogen functional groups attached to an aromatic ring is 1. The SMILES string of the molecule is CCN(CC1CC1)c1c(F)cc(C(=N)N)cc1F. The number of benzene rings is 1. The van der Waals surface area contributed by atoms with Crippen LogP contribution in [0.25, 0.3) is 0 Å². The van der Waals surface area contributed by atoms with Crippen LogP contribution in [0.15, 0.2) is 12.1 Å². The zero-order valence-corrected chi connectivity index (χ0v) is 10.3. The van der Waals surface area contributed by atoms with Gasteiger partial charge in [0.25, 0.3) is 0 Å². The van der Waals surface area contributed by atoms with Gasteiger partial charge in [0.2, 0.25) is 0 Å². The highest BCUT2D eigenvalue weighted by molar-refractivity contribution is 5.95. The Kier molecular flexibility index (Phi) is 3.50. The molecule has 1 aromatic carbocycles. The van der Waals surface area contributed by atoms with Crippen molar-refractivity contribution < 1.29 is 8.78 Å². The Morgan fingerprint density at radius 2 is 1.94 bits per heavy atom. The van der Waals surface area contributed by atoms with Gasteiger partial charge >= 0.3 is 0 Å². The molecule has 0 amide bonds. The van der Waals surface area contributed by atoms with Crippen molar-refractivity contribution in [3.63, 3.8) is 0 Å². The summed E-state index contributed by atoms with van der Waals surface area (Å²) in [7, 11) is 0. The van der Waals surface area contributed by atoms with Crippen LogP contribution >= 0.6 is 0 Å². The molecule has 18 heavy (non-hydrogen) atoms. The fraction of sp³-hybridized carbons (Fsp3) is 0.462. The lowest BCUT2D eigenvalue weighted by molar-refractivity contribution is 0.567. The number of nitrogens with one attached hydrogen (secondary N) is 1. The molecule has 1 fully saturated rings. The first-order valence-corrected chi connectivity index (χ1v) is 6.11. The van der Waals surface area contributed by atoms with E-state index in [0.717, 1.165) is 25.0 Å². The average Bonchev–Trinajstić information content (AvgIpc) is 3.10. The molecule has 0 heterocycles. The summed E-state index contributed by atoms with van der Waals surface area (Å²) in [6.07, 6.45) is 2.26. The summed E-state index contributed by atoms with van der Waals surface area (Å²) in [5.74, 6) is -1.08. The molecule has 0 radical (unpaired) electrons. The van der Waals surface area contributed by atoms with Crippen molar-refractivity contribution in [2.24, 2.45) is 11.7 Å². The second-order valence-electron chi connectivity index (χ2n) is 4.68. The molecule has 0 unspecified atom stereocenters. The zero-order chi connectivity index (χ0) is 13.3. The Labute approximate surface area is 105 Å². The maximum atomic E-state index is 13.9. The van der Waals surface area contributed by atoms with E-state index in [1.165, 1.54) is 0 Å². The summed E-state index contributed by atoms with van der Waals surface area (Å²) in [4.78, 5) is 1.71. The fourth-order valence-electron chi connectivity index (χ4n) is 2.01. The van der Waals surface area contributed by atoms with Gasteiger partial charge in [0, 0.05) is 18.7 Å². The monoisotopic (exact) mass is 253 g/mol. The van der Waals surface area contributed by atoms with Gasteiger partial charge in [-0.3, -0.25) is 5.41 Å². The molecule has 98 valence electrons. The van der Waals surface area contributed by atoms with Gasteiger partial charge in [-0.2, -0.15) is 0 Å². The van der Waals surface area contributed by atoms with E-state index in [-0.39, 0.29) is 17.1 Å². The summed E-state index contributed by atoms with van der Waals surface area (Å²) in [5.41, 5.74) is 5.31. The first kappa shape index (κ1) is 12.8. The number of nitrogens with two attached hydrogens (primary N) is 1. The fourth-order valence-corrected chi connectivity index (χ4v) is 2.01. The highest BCUT2D eigenvalue weighted by Crippen LogP contribution is 2.33. The number of hydrogen-bond donors (Lipinski definition) is 2. The normalized spacial score (nSPS) is 14.6. The molecule has 0 atom stereocenters. The number of nitrogens with zero attached hydrogens (tertiary/aromatic N) is 1. The van der Waals surface area contributed by atoms with Crippen LogP contribution in [0.1, 0.15) is 25.3 Å². The Morgan fingerprint density at radius 3 is 2.33 bits per heavy atom. The summed E-state index contributed by atoms with van der Waals surface area (Å²) in [6.45, 7) is 3.12. The van der Waals surface area contributed by atoms with Gasteiger partial charge in [-0.25, -0.2) is 8.78 Å². The molecule has 3 nitrogen and oxygen atoms in total. The van der Waals surface area contributed by atoms with Gasteiger partial charge in [0.15, 0.2) is 0 Å². The lowest BCUT2D eigenvalue weighted by atomic mass is 10.1. The standard InChI is InChI=1S/C13H17F2N3/c1-2-18(7-8-3-4-8)12-10(14)5-9(13(16)17)6-11(12)15/h5-6,8H,2-4,7H2,1H3,(H3,16,17). The summed E-state index contributed by atoms with van der Waals surface area (Å²) >= 11 is 0. The molecule has 1 aromatic rings. The molecule has 2 rings (SSSR count). The second kappa shape index (κ2) is 4.92. The number of amidine groups is 1. The topological polar surface area (TPSA) is 53.1 Å². The molecule has 5 heteroatoms. The van der Waals surface area contributed by atoms with Crippen molar-refractivity contribution in [3.8, 4) is 0 Å². The lowest BCUT2D eigenvalue weighted by Gasteiger charge is -2.24. The van der Waals surface area contributed by atoms with Crippen LogP contribution in [0.4, 0.5) is 14.5 Å². The maximum absolute atomic E-state index is 13.9. The molecule has 1 aliphatic rings. The van der Waals surface area contributed by atoms with Crippen LogP contribution in [0, 0.1) is 23.0 Å². The van der Waals surface area contributed by atoms with Crippen molar-refractivity contribution in [2.75, 3.05) is 18.0 Å². The van der Waals surface area contributed by atoms with E-state index >= 15 is 0 Å². The highest BCUT2D eigenvalue weighted by atomic mass is 19.1. The van der Waals surface area contributed by atoms with Gasteiger partial charge in [-0.15, -0.1) is 0 Å². The molecule has 1 aliphatic carbocycles. The van der Waals surface area contributed by atoms with E-state index < -0.39 is 11.6 Å². The van der Waals surface area contributed by atoms with Crippen molar-refractivity contribution in [2.45, 2.75) is 19.8 Å². The van der Waals surface area contributed by atoms with E-state index in [1.807, 2.05) is 6.92 Å². The van der Waals surface area contributed by atoms with Crippen LogP contribution < -0.4 is 10.6 Å². The zero-order valence-electron chi connectivity index (χ0n) is 10.3. The van der Waals surface area contributed by atoms with Crippen LogP contribution in [-0.4, -0.2) is 18.9 Å². The third kappa shape index (κ3) is 2.60. The van der Waals surface area contributed by atoms with Crippen LogP contribution in [-0.2, 0) is 0 Å². The van der Waals surface area contributed by atoms with Gasteiger partial charge in [-0.1, -0.05) is 0 Å². The number of rotatable bonds is 5. The van der Waals surface area contributed by atoms with E-state index in [1.54, 1.807) is 4.90 Å². The molecule has 0 bridgehead atoms. The van der Waals surface area contributed by atoms with E-state index in [2.05, 4.69) is 0 Å². The first-order chi connectivity index (χ1) is 8.52. The van der Waals surface area contributed by atoms with Gasteiger partial charge in [0.1, 0.15) is 23.2 Å². The molecular formula is C13H17F2N3. The van der Waals surface area contributed by atoms with Crippen LogP contribution in [0.3, 0.4) is 0 Å².